The summed E-state index contributed by atoms with van der Waals surface area (Å²) < 4.78 is 11.1. The molecule has 0 aromatic heterocycles. The predicted molar refractivity (Wildman–Crippen MR) is 95.0 cm³/mol. The van der Waals surface area contributed by atoms with Crippen LogP contribution in [-0.4, -0.2) is 30.9 Å². The van der Waals surface area contributed by atoms with Gasteiger partial charge in [0.1, 0.15) is 5.75 Å². The monoisotopic (exact) mass is 392 g/mol. The van der Waals surface area contributed by atoms with Gasteiger partial charge in [-0.2, -0.15) is 5.10 Å². The Hall–Kier alpha value is -2.54. The summed E-state index contributed by atoms with van der Waals surface area (Å²) in [6.07, 6.45) is 0. The van der Waals surface area contributed by atoms with Crippen molar-refractivity contribution in [3.8, 4) is 17.2 Å². The molecule has 24 heavy (non-hydrogen) atoms. The highest BCUT2D eigenvalue weighted by Gasteiger charge is 2.11. The zero-order valence-corrected chi connectivity index (χ0v) is 15.0. The molecule has 0 heterocycles. The maximum absolute atomic E-state index is 12.2. The number of methoxy groups -OCH3 is 2. The molecule has 2 rings (SSSR count). The molecule has 0 atom stereocenters. The molecule has 0 bridgehead atoms. The van der Waals surface area contributed by atoms with E-state index >= 15 is 0 Å². The highest BCUT2D eigenvalue weighted by atomic mass is 79.9. The number of halogens is 1. The number of rotatable bonds is 5. The van der Waals surface area contributed by atoms with Gasteiger partial charge in [0.2, 0.25) is 0 Å². The fraction of sp³-hybridized carbons (Fsp3) is 0.176. The van der Waals surface area contributed by atoms with Crippen LogP contribution >= 0.6 is 15.9 Å². The number of hydrogen-bond acceptors (Lipinski definition) is 5. The molecule has 7 heteroatoms. The van der Waals surface area contributed by atoms with E-state index in [1.807, 2.05) is 0 Å². The number of aromatic hydroxyl groups is 1. The molecular weight excluding hydrogens is 376 g/mol. The molecule has 0 radical (unpaired) electrons. The topological polar surface area (TPSA) is 80.2 Å². The Morgan fingerprint density at radius 2 is 1.83 bits per heavy atom. The SMILES string of the molecule is COc1ccc(C(=O)N/N=C(\C)c2cc(Br)ccc2O)cc1OC. The molecule has 0 saturated heterocycles. The molecule has 2 aromatic rings. The van der Waals surface area contributed by atoms with E-state index in [9.17, 15) is 9.90 Å². The number of hydrogen-bond donors (Lipinski definition) is 2. The highest BCUT2D eigenvalue weighted by Crippen LogP contribution is 2.27. The van der Waals surface area contributed by atoms with Crippen molar-refractivity contribution >= 4 is 27.5 Å². The van der Waals surface area contributed by atoms with E-state index < -0.39 is 5.91 Å². The van der Waals surface area contributed by atoms with Crippen LogP contribution in [0.2, 0.25) is 0 Å². The van der Waals surface area contributed by atoms with Crippen molar-refractivity contribution in [2.75, 3.05) is 14.2 Å². The summed E-state index contributed by atoms with van der Waals surface area (Å²) in [7, 11) is 3.02. The number of carbonyl (C=O) groups excluding carboxylic acids is 1. The van der Waals surface area contributed by atoms with E-state index in [1.54, 1.807) is 43.3 Å². The first-order chi connectivity index (χ1) is 11.5. The Bertz CT molecular complexity index is 790. The van der Waals surface area contributed by atoms with Crippen molar-refractivity contribution in [1.82, 2.24) is 5.43 Å². The van der Waals surface area contributed by atoms with Crippen molar-refractivity contribution in [3.05, 3.63) is 52.0 Å². The Labute approximate surface area is 148 Å². The first-order valence-electron chi connectivity index (χ1n) is 7.01. The average molecular weight is 393 g/mol. The molecule has 0 aliphatic carbocycles. The number of ether oxygens (including phenoxy) is 2. The second kappa shape index (κ2) is 7.83. The maximum atomic E-state index is 12.2. The fourth-order valence-electron chi connectivity index (χ4n) is 2.03. The van der Waals surface area contributed by atoms with Crippen molar-refractivity contribution in [3.63, 3.8) is 0 Å². The van der Waals surface area contributed by atoms with Crippen LogP contribution < -0.4 is 14.9 Å². The lowest BCUT2D eigenvalue weighted by Crippen LogP contribution is -2.19. The highest BCUT2D eigenvalue weighted by molar-refractivity contribution is 9.10. The molecule has 0 saturated carbocycles. The lowest BCUT2D eigenvalue weighted by atomic mass is 10.1. The van der Waals surface area contributed by atoms with Gasteiger partial charge >= 0.3 is 0 Å². The van der Waals surface area contributed by atoms with E-state index in [1.165, 1.54) is 14.2 Å². The van der Waals surface area contributed by atoms with E-state index in [0.717, 1.165) is 4.47 Å². The smallest absolute Gasteiger partial charge is 0.271 e. The molecule has 0 unspecified atom stereocenters. The molecular formula is C17H17BrN2O4. The van der Waals surface area contributed by atoms with Gasteiger partial charge in [-0.05, 0) is 43.3 Å². The van der Waals surface area contributed by atoms with Gasteiger partial charge in [-0.15, -0.1) is 0 Å². The quantitative estimate of drug-likeness (QED) is 0.603. The molecule has 1 amide bonds. The number of nitrogens with zero attached hydrogens (tertiary/aromatic N) is 1. The van der Waals surface area contributed by atoms with Gasteiger partial charge < -0.3 is 14.6 Å². The molecule has 2 N–H and O–H groups in total. The van der Waals surface area contributed by atoms with Gasteiger partial charge in [0, 0.05) is 15.6 Å². The van der Waals surface area contributed by atoms with E-state index in [0.29, 0.717) is 28.3 Å². The molecule has 0 spiro atoms. The van der Waals surface area contributed by atoms with E-state index in [4.69, 9.17) is 9.47 Å². The van der Waals surface area contributed by atoms with Crippen molar-refractivity contribution < 1.29 is 19.4 Å². The number of nitrogens with one attached hydrogen (secondary N) is 1. The summed E-state index contributed by atoms with van der Waals surface area (Å²) in [5.74, 6) is 0.674. The normalized spacial score (nSPS) is 11.1. The van der Waals surface area contributed by atoms with Crippen LogP contribution in [-0.2, 0) is 0 Å². The Balaban J connectivity index is 2.19. The maximum Gasteiger partial charge on any atom is 0.271 e. The van der Waals surface area contributed by atoms with Crippen LogP contribution in [0.5, 0.6) is 17.2 Å². The van der Waals surface area contributed by atoms with E-state index in [2.05, 4.69) is 26.5 Å². The first kappa shape index (κ1) is 17.8. The Morgan fingerprint density at radius 1 is 1.12 bits per heavy atom. The summed E-state index contributed by atoms with van der Waals surface area (Å²) in [5.41, 5.74) is 3.84. The number of phenols is 1. The molecule has 6 nitrogen and oxygen atoms in total. The zero-order valence-electron chi connectivity index (χ0n) is 13.5. The summed E-state index contributed by atoms with van der Waals surface area (Å²) in [5, 5.41) is 13.9. The molecule has 0 aliphatic rings. The van der Waals surface area contributed by atoms with Gasteiger partial charge in [0.25, 0.3) is 5.91 Å². The number of carbonyl (C=O) groups is 1. The average Bonchev–Trinajstić information content (AvgIpc) is 2.60. The second-order valence-electron chi connectivity index (χ2n) is 4.87. The summed E-state index contributed by atoms with van der Waals surface area (Å²) in [6.45, 7) is 1.69. The minimum atomic E-state index is -0.398. The van der Waals surface area contributed by atoms with Crippen LogP contribution in [0.3, 0.4) is 0 Å². The molecule has 0 fully saturated rings. The van der Waals surface area contributed by atoms with Gasteiger partial charge in [-0.1, -0.05) is 15.9 Å². The van der Waals surface area contributed by atoms with Gasteiger partial charge in [-0.25, -0.2) is 5.43 Å². The fourth-order valence-corrected chi connectivity index (χ4v) is 2.40. The van der Waals surface area contributed by atoms with Gasteiger partial charge in [-0.3, -0.25) is 4.79 Å². The number of amides is 1. The van der Waals surface area contributed by atoms with Crippen molar-refractivity contribution in [2.24, 2.45) is 5.10 Å². The Kier molecular flexibility index (Phi) is 5.81. The van der Waals surface area contributed by atoms with Crippen LogP contribution in [0.15, 0.2) is 46.0 Å². The van der Waals surface area contributed by atoms with E-state index in [-0.39, 0.29) is 5.75 Å². The molecule has 2 aromatic carbocycles. The molecule has 126 valence electrons. The summed E-state index contributed by atoms with van der Waals surface area (Å²) in [6, 6.07) is 9.80. The number of hydrazone groups is 1. The van der Waals surface area contributed by atoms with Crippen LogP contribution in [0.4, 0.5) is 0 Å². The van der Waals surface area contributed by atoms with Crippen LogP contribution in [0.25, 0.3) is 0 Å². The summed E-state index contributed by atoms with van der Waals surface area (Å²) >= 11 is 3.33. The van der Waals surface area contributed by atoms with Crippen molar-refractivity contribution in [2.45, 2.75) is 6.92 Å². The van der Waals surface area contributed by atoms with Crippen LogP contribution in [0, 0.1) is 0 Å². The predicted octanol–water partition coefficient (Wildman–Crippen LogP) is 3.33. The minimum Gasteiger partial charge on any atom is -0.507 e. The Morgan fingerprint density at radius 3 is 2.50 bits per heavy atom. The van der Waals surface area contributed by atoms with Gasteiger partial charge in [0.05, 0.1) is 19.9 Å². The van der Waals surface area contributed by atoms with Crippen molar-refractivity contribution in [1.29, 1.82) is 0 Å². The third-order valence-electron chi connectivity index (χ3n) is 3.32. The molecule has 0 aliphatic heterocycles. The largest absolute Gasteiger partial charge is 0.507 e. The third kappa shape index (κ3) is 4.05. The number of benzene rings is 2. The standard InChI is InChI=1S/C17H17BrN2O4/c1-10(13-9-12(18)5-6-14(13)21)19-20-17(22)11-4-7-15(23-2)16(8-11)24-3/h4-9,21H,1-3H3,(H,20,22)/b19-10+. The third-order valence-corrected chi connectivity index (χ3v) is 3.81. The lowest BCUT2D eigenvalue weighted by Gasteiger charge is -2.09. The van der Waals surface area contributed by atoms with Gasteiger partial charge in [0.15, 0.2) is 11.5 Å². The first-order valence-corrected chi connectivity index (χ1v) is 7.81. The van der Waals surface area contributed by atoms with Crippen LogP contribution in [0.1, 0.15) is 22.8 Å². The second-order valence-corrected chi connectivity index (χ2v) is 5.79. The zero-order chi connectivity index (χ0) is 17.7. The lowest BCUT2D eigenvalue weighted by molar-refractivity contribution is 0.0954. The summed E-state index contributed by atoms with van der Waals surface area (Å²) in [4.78, 5) is 12.2. The minimum absolute atomic E-state index is 0.0832. The number of phenolic OH excluding ortho intramolecular Hbond substituents is 1.